The summed E-state index contributed by atoms with van der Waals surface area (Å²) in [4.78, 5) is 33.0. The predicted octanol–water partition coefficient (Wildman–Crippen LogP) is 4.86. The molecule has 0 N–H and O–H groups in total. The first-order valence-electron chi connectivity index (χ1n) is 12.0. The fourth-order valence-electron chi connectivity index (χ4n) is 4.83. The molecule has 3 heterocycles. The molecule has 3 aromatic carbocycles. The van der Waals surface area contributed by atoms with Crippen molar-refractivity contribution in [2.45, 2.75) is 6.04 Å². The Morgan fingerprint density at radius 1 is 0.789 bits per heavy atom. The first kappa shape index (κ1) is 23.7. The summed E-state index contributed by atoms with van der Waals surface area (Å²) in [6, 6.07) is 26.3. The van der Waals surface area contributed by atoms with Gasteiger partial charge in [-0.1, -0.05) is 60.1 Å². The highest BCUT2D eigenvalue weighted by Crippen LogP contribution is 2.41. The quantitative estimate of drug-likeness (QED) is 0.338. The molecule has 0 fully saturated rings. The van der Waals surface area contributed by atoms with Crippen LogP contribution >= 0.6 is 11.6 Å². The number of hydrogen-bond acceptors (Lipinski definition) is 5. The van der Waals surface area contributed by atoms with E-state index >= 15 is 0 Å². The van der Waals surface area contributed by atoms with Crippen LogP contribution in [-0.2, 0) is 14.1 Å². The summed E-state index contributed by atoms with van der Waals surface area (Å²) in [6.45, 7) is 0. The van der Waals surface area contributed by atoms with E-state index < -0.39 is 17.3 Å². The molecular formula is C29H23ClN6O2. The van der Waals surface area contributed by atoms with E-state index in [9.17, 15) is 9.59 Å². The van der Waals surface area contributed by atoms with Crippen LogP contribution < -0.4 is 16.1 Å². The summed E-state index contributed by atoms with van der Waals surface area (Å²) in [5, 5.41) is 5.59. The molecule has 0 aliphatic carbocycles. The van der Waals surface area contributed by atoms with Crippen molar-refractivity contribution in [2.75, 3.05) is 4.90 Å². The van der Waals surface area contributed by atoms with Gasteiger partial charge < -0.3 is 4.90 Å². The number of para-hydroxylation sites is 2. The van der Waals surface area contributed by atoms with Crippen LogP contribution in [0.2, 0.25) is 5.02 Å². The molecule has 0 radical (unpaired) electrons. The first-order valence-corrected chi connectivity index (χ1v) is 12.4. The third-order valence-corrected chi connectivity index (χ3v) is 7.01. The lowest BCUT2D eigenvalue weighted by Crippen LogP contribution is -2.44. The van der Waals surface area contributed by atoms with Crippen molar-refractivity contribution in [1.82, 2.24) is 18.9 Å². The van der Waals surface area contributed by atoms with Crippen molar-refractivity contribution in [3.8, 4) is 16.9 Å². The molecule has 1 unspecified atom stereocenters. The number of halogens is 1. The molecule has 0 bridgehead atoms. The smallest absolute Gasteiger partial charge is 0.320 e. The second-order valence-electron chi connectivity index (χ2n) is 9.05. The van der Waals surface area contributed by atoms with Crippen LogP contribution in [0.3, 0.4) is 0 Å². The van der Waals surface area contributed by atoms with E-state index in [0.29, 0.717) is 22.1 Å². The molecule has 2 aromatic heterocycles. The molecule has 1 aliphatic heterocycles. The van der Waals surface area contributed by atoms with Gasteiger partial charge in [0.25, 0.3) is 5.56 Å². The van der Waals surface area contributed by atoms with Crippen molar-refractivity contribution in [2.24, 2.45) is 19.1 Å². The summed E-state index contributed by atoms with van der Waals surface area (Å²) in [5.41, 5.74) is 3.59. The standard InChI is InChI=1S/C29H23ClN6O2/c1-33-27-24(28(37)34(2)29(33)38)26(35(18-31-27)21-9-5-3-6-10-21)23-17-36(22-11-7-4-8-12-22)32-25(23)19-13-15-20(30)16-14-19/h3-18,26H,1-2H3. The van der Waals surface area contributed by atoms with Gasteiger partial charge in [-0.05, 0) is 36.4 Å². The normalized spacial score (nSPS) is 14.5. The molecule has 0 saturated carbocycles. The van der Waals surface area contributed by atoms with E-state index in [0.717, 1.165) is 27.1 Å². The number of hydrogen-bond donors (Lipinski definition) is 0. The van der Waals surface area contributed by atoms with E-state index in [1.165, 1.54) is 11.6 Å². The Labute approximate surface area is 223 Å². The molecule has 1 atom stereocenters. The SMILES string of the molecule is Cn1c2c(c(=O)n(C)c1=O)C(c1cn(-c3ccccc3)nc1-c1ccc(Cl)cc1)N(c1ccccc1)C=N2. The number of aliphatic imine (C=N–C) groups is 1. The van der Waals surface area contributed by atoms with Gasteiger partial charge in [0, 0.05) is 42.1 Å². The lowest BCUT2D eigenvalue weighted by molar-refractivity contribution is 0.651. The molecule has 188 valence electrons. The van der Waals surface area contributed by atoms with Crippen LogP contribution in [0.4, 0.5) is 11.5 Å². The Morgan fingerprint density at radius 2 is 1.42 bits per heavy atom. The van der Waals surface area contributed by atoms with Crippen LogP contribution in [0, 0.1) is 0 Å². The first-order chi connectivity index (χ1) is 18.4. The van der Waals surface area contributed by atoms with Gasteiger partial charge in [0.05, 0.1) is 29.3 Å². The van der Waals surface area contributed by atoms with Gasteiger partial charge in [0.2, 0.25) is 0 Å². The summed E-state index contributed by atoms with van der Waals surface area (Å²) in [7, 11) is 3.11. The van der Waals surface area contributed by atoms with Crippen LogP contribution in [0.5, 0.6) is 0 Å². The lowest BCUT2D eigenvalue weighted by atomic mass is 9.94. The predicted molar refractivity (Wildman–Crippen MR) is 150 cm³/mol. The number of anilines is 1. The molecule has 38 heavy (non-hydrogen) atoms. The second kappa shape index (κ2) is 9.32. The number of aromatic nitrogens is 4. The van der Waals surface area contributed by atoms with Crippen molar-refractivity contribution in [1.29, 1.82) is 0 Å². The van der Waals surface area contributed by atoms with E-state index in [4.69, 9.17) is 16.7 Å². The van der Waals surface area contributed by atoms with Crippen molar-refractivity contribution in [3.63, 3.8) is 0 Å². The molecule has 6 rings (SSSR count). The van der Waals surface area contributed by atoms with E-state index in [1.54, 1.807) is 18.1 Å². The zero-order valence-corrected chi connectivity index (χ0v) is 21.4. The van der Waals surface area contributed by atoms with Crippen LogP contribution in [-0.4, -0.2) is 25.3 Å². The Bertz CT molecular complexity index is 1790. The fraction of sp³-hybridized carbons (Fsp3) is 0.103. The average Bonchev–Trinajstić information content (AvgIpc) is 3.40. The third-order valence-electron chi connectivity index (χ3n) is 6.75. The van der Waals surface area contributed by atoms with Gasteiger partial charge in [-0.25, -0.2) is 14.5 Å². The van der Waals surface area contributed by atoms with Crippen LogP contribution in [0.1, 0.15) is 17.2 Å². The van der Waals surface area contributed by atoms with Crippen LogP contribution in [0.25, 0.3) is 16.9 Å². The molecular weight excluding hydrogens is 500 g/mol. The Hall–Kier alpha value is -4.69. The summed E-state index contributed by atoms with van der Waals surface area (Å²) in [5.74, 6) is 0.324. The van der Waals surface area contributed by atoms with E-state index in [2.05, 4.69) is 4.99 Å². The Kier molecular flexibility index (Phi) is 5.81. The number of rotatable bonds is 4. The zero-order valence-electron chi connectivity index (χ0n) is 20.7. The second-order valence-corrected chi connectivity index (χ2v) is 9.49. The van der Waals surface area contributed by atoms with Crippen molar-refractivity contribution in [3.05, 3.63) is 128 Å². The molecule has 8 nitrogen and oxygen atoms in total. The summed E-state index contributed by atoms with van der Waals surface area (Å²) >= 11 is 6.20. The minimum absolute atomic E-state index is 0.324. The maximum atomic E-state index is 13.7. The van der Waals surface area contributed by atoms with Gasteiger partial charge >= 0.3 is 5.69 Å². The Morgan fingerprint density at radius 3 is 2.08 bits per heavy atom. The highest BCUT2D eigenvalue weighted by atomic mass is 35.5. The summed E-state index contributed by atoms with van der Waals surface area (Å²) < 4.78 is 4.34. The molecule has 9 heteroatoms. The van der Waals surface area contributed by atoms with Gasteiger partial charge in [-0.2, -0.15) is 5.10 Å². The molecule has 0 spiro atoms. The minimum Gasteiger partial charge on any atom is -0.320 e. The topological polar surface area (TPSA) is 77.4 Å². The fourth-order valence-corrected chi connectivity index (χ4v) is 4.96. The van der Waals surface area contributed by atoms with Gasteiger partial charge in [-0.3, -0.25) is 13.9 Å². The van der Waals surface area contributed by atoms with Crippen molar-refractivity contribution < 1.29 is 0 Å². The number of nitrogens with zero attached hydrogens (tertiary/aromatic N) is 6. The van der Waals surface area contributed by atoms with Gasteiger partial charge in [-0.15, -0.1) is 0 Å². The zero-order chi connectivity index (χ0) is 26.4. The maximum Gasteiger partial charge on any atom is 0.332 e. The largest absolute Gasteiger partial charge is 0.332 e. The van der Waals surface area contributed by atoms with E-state index in [1.807, 2.05) is 96.0 Å². The van der Waals surface area contributed by atoms with Gasteiger partial charge in [0.1, 0.15) is 5.82 Å². The monoisotopic (exact) mass is 522 g/mol. The van der Waals surface area contributed by atoms with Gasteiger partial charge in [0.15, 0.2) is 0 Å². The summed E-state index contributed by atoms with van der Waals surface area (Å²) in [6.07, 6.45) is 3.61. The highest BCUT2D eigenvalue weighted by Gasteiger charge is 2.36. The minimum atomic E-state index is -0.612. The third kappa shape index (κ3) is 3.86. The molecule has 0 saturated heterocycles. The van der Waals surface area contributed by atoms with Crippen LogP contribution in [0.15, 0.2) is 106 Å². The number of benzene rings is 3. The average molecular weight is 523 g/mol. The molecule has 0 amide bonds. The lowest BCUT2D eigenvalue weighted by Gasteiger charge is -2.34. The van der Waals surface area contributed by atoms with Crippen molar-refractivity contribution >= 4 is 29.4 Å². The Balaban J connectivity index is 1.68. The number of fused-ring (bicyclic) bond motifs is 1. The molecule has 1 aliphatic rings. The van der Waals surface area contributed by atoms with E-state index in [-0.39, 0.29) is 0 Å². The highest BCUT2D eigenvalue weighted by molar-refractivity contribution is 6.30. The molecule has 5 aromatic rings. The maximum absolute atomic E-state index is 13.7.